The lowest BCUT2D eigenvalue weighted by atomic mass is 10.3. The topological polar surface area (TPSA) is 56.8 Å². The van der Waals surface area contributed by atoms with Crippen molar-refractivity contribution in [1.29, 1.82) is 0 Å². The summed E-state index contributed by atoms with van der Waals surface area (Å²) in [5.41, 5.74) is 0. The molecule has 2 aromatic rings. The Bertz CT molecular complexity index is 678. The molecule has 0 saturated heterocycles. The lowest BCUT2D eigenvalue weighted by Crippen LogP contribution is -2.38. The lowest BCUT2D eigenvalue weighted by molar-refractivity contribution is -0.127. The van der Waals surface area contributed by atoms with E-state index in [9.17, 15) is 4.79 Å². The summed E-state index contributed by atoms with van der Waals surface area (Å²) in [6.45, 7) is 2.36. The van der Waals surface area contributed by atoms with Crippen molar-refractivity contribution in [2.75, 3.05) is 20.3 Å². The number of halogens is 1. The van der Waals surface area contributed by atoms with Crippen LogP contribution < -0.4 is 19.5 Å². The second-order valence-corrected chi connectivity index (χ2v) is 5.42. The molecule has 1 amide bonds. The van der Waals surface area contributed by atoms with Crippen molar-refractivity contribution in [2.24, 2.45) is 0 Å². The molecular formula is C18H20ClNO4. The van der Waals surface area contributed by atoms with Crippen molar-refractivity contribution < 1.29 is 19.0 Å². The van der Waals surface area contributed by atoms with Crippen LogP contribution in [0.25, 0.3) is 0 Å². The minimum Gasteiger partial charge on any atom is -0.497 e. The zero-order valence-electron chi connectivity index (χ0n) is 13.6. The zero-order valence-corrected chi connectivity index (χ0v) is 14.4. The maximum atomic E-state index is 12.0. The molecule has 0 unspecified atom stereocenters. The molecule has 0 aliphatic rings. The molecule has 128 valence electrons. The van der Waals surface area contributed by atoms with Crippen LogP contribution in [0.4, 0.5) is 0 Å². The number of rotatable bonds is 8. The number of nitrogens with one attached hydrogen (secondary N) is 1. The van der Waals surface area contributed by atoms with Crippen LogP contribution in [-0.2, 0) is 4.79 Å². The number of carbonyl (C=O) groups excluding carboxylic acids is 1. The highest BCUT2D eigenvalue weighted by atomic mass is 35.5. The molecule has 1 atom stereocenters. The molecule has 0 aliphatic heterocycles. The minimum absolute atomic E-state index is 0.222. The number of amides is 1. The molecule has 0 aliphatic carbocycles. The van der Waals surface area contributed by atoms with E-state index in [-0.39, 0.29) is 5.91 Å². The van der Waals surface area contributed by atoms with Crippen LogP contribution in [0.3, 0.4) is 0 Å². The molecule has 0 saturated carbocycles. The summed E-state index contributed by atoms with van der Waals surface area (Å²) in [6, 6.07) is 14.3. The summed E-state index contributed by atoms with van der Waals surface area (Å²) in [4.78, 5) is 12.0. The molecule has 2 aromatic carbocycles. The molecule has 0 fully saturated rings. The summed E-state index contributed by atoms with van der Waals surface area (Å²) < 4.78 is 16.2. The van der Waals surface area contributed by atoms with E-state index in [0.717, 1.165) is 0 Å². The van der Waals surface area contributed by atoms with Crippen molar-refractivity contribution in [3.05, 3.63) is 53.6 Å². The molecule has 1 N–H and O–H groups in total. The Morgan fingerprint density at radius 3 is 2.67 bits per heavy atom. The van der Waals surface area contributed by atoms with Crippen molar-refractivity contribution in [3.63, 3.8) is 0 Å². The van der Waals surface area contributed by atoms with Gasteiger partial charge in [0.05, 0.1) is 18.7 Å². The van der Waals surface area contributed by atoms with Gasteiger partial charge >= 0.3 is 0 Å². The smallest absolute Gasteiger partial charge is 0.260 e. The minimum atomic E-state index is -0.627. The third-order valence-electron chi connectivity index (χ3n) is 3.22. The van der Waals surface area contributed by atoms with Crippen LogP contribution in [0.5, 0.6) is 17.2 Å². The Hall–Kier alpha value is -2.40. The number of ether oxygens (including phenoxy) is 3. The van der Waals surface area contributed by atoms with Gasteiger partial charge in [0.1, 0.15) is 23.9 Å². The number of benzene rings is 2. The summed E-state index contributed by atoms with van der Waals surface area (Å²) >= 11 is 5.99. The number of para-hydroxylation sites is 1. The predicted molar refractivity (Wildman–Crippen MR) is 93.0 cm³/mol. The monoisotopic (exact) mass is 349 g/mol. The predicted octanol–water partition coefficient (Wildman–Crippen LogP) is 3.31. The Kier molecular flexibility index (Phi) is 6.75. The fraction of sp³-hybridized carbons (Fsp3) is 0.278. The van der Waals surface area contributed by atoms with Crippen LogP contribution in [0.2, 0.25) is 5.02 Å². The first-order chi connectivity index (χ1) is 11.6. The second kappa shape index (κ2) is 9.03. The van der Waals surface area contributed by atoms with E-state index < -0.39 is 6.10 Å². The largest absolute Gasteiger partial charge is 0.497 e. The highest BCUT2D eigenvalue weighted by Crippen LogP contribution is 2.22. The van der Waals surface area contributed by atoms with Crippen molar-refractivity contribution in [2.45, 2.75) is 13.0 Å². The highest BCUT2D eigenvalue weighted by molar-refractivity contribution is 6.32. The van der Waals surface area contributed by atoms with Gasteiger partial charge in [-0.15, -0.1) is 0 Å². The van der Waals surface area contributed by atoms with E-state index in [0.29, 0.717) is 35.4 Å². The molecule has 0 bridgehead atoms. The molecule has 0 heterocycles. The number of methoxy groups -OCH3 is 1. The number of hydrogen-bond donors (Lipinski definition) is 1. The van der Waals surface area contributed by atoms with E-state index in [4.69, 9.17) is 25.8 Å². The fourth-order valence-electron chi connectivity index (χ4n) is 1.97. The van der Waals surface area contributed by atoms with Gasteiger partial charge < -0.3 is 19.5 Å². The summed E-state index contributed by atoms with van der Waals surface area (Å²) in [5, 5.41) is 3.30. The molecule has 0 spiro atoms. The molecule has 0 radical (unpaired) electrons. The molecule has 2 rings (SSSR count). The van der Waals surface area contributed by atoms with Crippen LogP contribution in [-0.4, -0.2) is 32.3 Å². The Morgan fingerprint density at radius 2 is 1.92 bits per heavy atom. The first kappa shape index (κ1) is 17.9. The van der Waals surface area contributed by atoms with E-state index in [1.165, 1.54) is 0 Å². The van der Waals surface area contributed by atoms with Crippen LogP contribution >= 0.6 is 11.6 Å². The Labute approximate surface area is 146 Å². The third kappa shape index (κ3) is 5.35. The summed E-state index contributed by atoms with van der Waals surface area (Å²) in [5.74, 6) is 1.62. The average molecular weight is 350 g/mol. The Morgan fingerprint density at radius 1 is 1.17 bits per heavy atom. The van der Waals surface area contributed by atoms with Gasteiger partial charge in [-0.3, -0.25) is 4.79 Å². The molecule has 6 heteroatoms. The van der Waals surface area contributed by atoms with E-state index >= 15 is 0 Å². The van der Waals surface area contributed by atoms with Gasteiger partial charge in [0.2, 0.25) is 0 Å². The van der Waals surface area contributed by atoms with Crippen LogP contribution in [0, 0.1) is 0 Å². The quantitative estimate of drug-likeness (QED) is 0.743. The van der Waals surface area contributed by atoms with Crippen molar-refractivity contribution in [1.82, 2.24) is 5.32 Å². The summed E-state index contributed by atoms with van der Waals surface area (Å²) in [7, 11) is 1.58. The first-order valence-electron chi connectivity index (χ1n) is 7.56. The standard InChI is InChI=1S/C18H20ClNO4/c1-13(24-15-7-5-6-14(12-15)22-2)18(21)20-10-11-23-17-9-4-3-8-16(17)19/h3-9,12-13H,10-11H2,1-2H3,(H,20,21)/t13-/m1/s1. The molecule has 0 aromatic heterocycles. The van der Waals surface area contributed by atoms with Gasteiger partial charge in [-0.1, -0.05) is 29.8 Å². The molecular weight excluding hydrogens is 330 g/mol. The van der Waals surface area contributed by atoms with Gasteiger partial charge in [0, 0.05) is 6.07 Å². The maximum absolute atomic E-state index is 12.0. The first-order valence-corrected chi connectivity index (χ1v) is 7.93. The normalized spacial score (nSPS) is 11.5. The zero-order chi connectivity index (χ0) is 17.4. The van der Waals surface area contributed by atoms with Crippen LogP contribution in [0.15, 0.2) is 48.5 Å². The average Bonchev–Trinajstić information content (AvgIpc) is 2.60. The Balaban J connectivity index is 1.74. The van der Waals surface area contributed by atoms with Gasteiger partial charge in [-0.2, -0.15) is 0 Å². The number of carbonyl (C=O) groups is 1. The highest BCUT2D eigenvalue weighted by Gasteiger charge is 2.14. The van der Waals surface area contributed by atoms with Crippen molar-refractivity contribution in [3.8, 4) is 17.2 Å². The van der Waals surface area contributed by atoms with E-state index in [1.807, 2.05) is 18.2 Å². The van der Waals surface area contributed by atoms with Gasteiger partial charge in [-0.05, 0) is 31.2 Å². The van der Waals surface area contributed by atoms with Gasteiger partial charge in [0.15, 0.2) is 6.10 Å². The van der Waals surface area contributed by atoms with Gasteiger partial charge in [-0.25, -0.2) is 0 Å². The third-order valence-corrected chi connectivity index (χ3v) is 3.53. The van der Waals surface area contributed by atoms with Gasteiger partial charge in [0.25, 0.3) is 5.91 Å². The number of hydrogen-bond acceptors (Lipinski definition) is 4. The summed E-state index contributed by atoms with van der Waals surface area (Å²) in [6.07, 6.45) is -0.627. The van der Waals surface area contributed by atoms with Crippen LogP contribution in [0.1, 0.15) is 6.92 Å². The van der Waals surface area contributed by atoms with E-state index in [1.54, 1.807) is 44.4 Å². The maximum Gasteiger partial charge on any atom is 0.260 e. The molecule has 5 nitrogen and oxygen atoms in total. The fourth-order valence-corrected chi connectivity index (χ4v) is 2.16. The second-order valence-electron chi connectivity index (χ2n) is 5.01. The molecule has 24 heavy (non-hydrogen) atoms. The van der Waals surface area contributed by atoms with Crippen molar-refractivity contribution >= 4 is 17.5 Å². The SMILES string of the molecule is COc1cccc(O[C@H](C)C(=O)NCCOc2ccccc2Cl)c1. The lowest BCUT2D eigenvalue weighted by Gasteiger charge is -2.15. The van der Waals surface area contributed by atoms with E-state index in [2.05, 4.69) is 5.32 Å².